The Hall–Kier alpha value is -2.35. The van der Waals surface area contributed by atoms with Gasteiger partial charge in [-0.15, -0.1) is 0 Å². The van der Waals surface area contributed by atoms with E-state index in [1.165, 1.54) is 35.5 Å². The van der Waals surface area contributed by atoms with Gasteiger partial charge in [0.05, 0.1) is 12.2 Å². The van der Waals surface area contributed by atoms with E-state index >= 15 is 0 Å². The smallest absolute Gasteiger partial charge is 0.325 e. The normalized spacial score (nSPS) is 24.8. The summed E-state index contributed by atoms with van der Waals surface area (Å²) in [6.07, 6.45) is 8.77. The van der Waals surface area contributed by atoms with Crippen LogP contribution in [0.4, 0.5) is 4.39 Å². The molecule has 7 heteroatoms. The summed E-state index contributed by atoms with van der Waals surface area (Å²) in [6, 6.07) is 8.00. The molecule has 0 amide bonds. The second-order valence-corrected chi connectivity index (χ2v) is 11.0. The highest BCUT2D eigenvalue weighted by molar-refractivity contribution is 5.76. The fourth-order valence-corrected chi connectivity index (χ4v) is 6.12. The molecule has 1 aromatic carbocycles. The molecule has 1 aromatic heterocycles. The average molecular weight is 511 g/mol. The van der Waals surface area contributed by atoms with Crippen LogP contribution in [0.3, 0.4) is 0 Å². The summed E-state index contributed by atoms with van der Waals surface area (Å²) in [7, 11) is 0. The van der Waals surface area contributed by atoms with Gasteiger partial charge in [0.2, 0.25) is 0 Å². The largest absolute Gasteiger partial charge is 0.480 e. The van der Waals surface area contributed by atoms with Crippen LogP contribution in [0, 0.1) is 11.7 Å². The molecular weight excluding hydrogens is 471 g/mol. The Kier molecular flexibility index (Phi) is 8.53. The number of carboxylic acid groups (broad SMARTS) is 1. The van der Waals surface area contributed by atoms with Crippen LogP contribution in [0.2, 0.25) is 0 Å². The molecule has 3 unspecified atom stereocenters. The van der Waals surface area contributed by atoms with Crippen molar-refractivity contribution in [3.8, 4) is 0 Å². The van der Waals surface area contributed by atoms with Crippen molar-refractivity contribution in [3.63, 3.8) is 0 Å². The summed E-state index contributed by atoms with van der Waals surface area (Å²) < 4.78 is 26.2. The van der Waals surface area contributed by atoms with Crippen LogP contribution < -0.4 is 0 Å². The number of unbranched alkanes of at least 4 members (excludes halogenated alkanes) is 1. The Balaban J connectivity index is 1.12. The molecule has 6 nitrogen and oxygen atoms in total. The Labute approximate surface area is 219 Å². The molecule has 0 spiro atoms. The maximum absolute atomic E-state index is 14.2. The third-order valence-corrected chi connectivity index (χ3v) is 8.15. The highest BCUT2D eigenvalue weighted by Crippen LogP contribution is 2.37. The maximum atomic E-state index is 14.2. The zero-order valence-corrected chi connectivity index (χ0v) is 21.8. The van der Waals surface area contributed by atoms with Crippen LogP contribution in [-0.4, -0.2) is 53.4 Å². The van der Waals surface area contributed by atoms with Crippen LogP contribution in [0.15, 0.2) is 30.3 Å². The molecule has 2 aromatic rings. The summed E-state index contributed by atoms with van der Waals surface area (Å²) >= 11 is 0. The first-order valence-electron chi connectivity index (χ1n) is 13.9. The fraction of sp³-hybridized carbons (Fsp3) is 0.600. The number of fused-ring (bicyclic) bond motifs is 1. The Morgan fingerprint density at radius 2 is 2.14 bits per heavy atom. The predicted molar refractivity (Wildman–Crippen MR) is 139 cm³/mol. The number of likely N-dealkylation sites (tertiary alicyclic amines) is 1. The van der Waals surface area contributed by atoms with E-state index < -0.39 is 17.8 Å². The topological polar surface area (TPSA) is 71.9 Å². The van der Waals surface area contributed by atoms with Gasteiger partial charge >= 0.3 is 5.97 Å². The summed E-state index contributed by atoms with van der Waals surface area (Å²) in [4.78, 5) is 19.2. The van der Waals surface area contributed by atoms with Crippen LogP contribution in [0.5, 0.6) is 0 Å². The van der Waals surface area contributed by atoms with E-state index in [1.54, 1.807) is 6.07 Å². The lowest BCUT2D eigenvalue weighted by molar-refractivity contribution is -0.143. The number of carboxylic acids is 1. The molecule has 0 radical (unpaired) electrons. The molecule has 37 heavy (non-hydrogen) atoms. The second kappa shape index (κ2) is 12.0. The number of aryl methyl sites for hydroxylation is 2. The van der Waals surface area contributed by atoms with E-state index in [1.807, 2.05) is 4.90 Å². The van der Waals surface area contributed by atoms with Gasteiger partial charge in [-0.05, 0) is 98.6 Å². The second-order valence-electron chi connectivity index (χ2n) is 11.0. The number of aromatic nitrogens is 1. The van der Waals surface area contributed by atoms with Gasteiger partial charge in [-0.3, -0.25) is 14.7 Å². The molecule has 3 heterocycles. The van der Waals surface area contributed by atoms with Gasteiger partial charge in [-0.25, -0.2) is 4.39 Å². The number of aliphatic carboxylic acids is 1. The Bertz CT molecular complexity index is 1090. The molecule has 3 aliphatic rings. The molecule has 0 saturated carbocycles. The molecule has 2 aliphatic heterocycles. The van der Waals surface area contributed by atoms with Gasteiger partial charge in [-0.2, -0.15) is 0 Å². The van der Waals surface area contributed by atoms with Crippen molar-refractivity contribution in [3.05, 3.63) is 64.2 Å². The number of ether oxygens (including phenoxy) is 2. The van der Waals surface area contributed by atoms with Crippen molar-refractivity contribution in [2.45, 2.75) is 83.0 Å². The van der Waals surface area contributed by atoms with E-state index in [4.69, 9.17) is 14.5 Å². The number of carbonyl (C=O) groups is 1. The van der Waals surface area contributed by atoms with Gasteiger partial charge in [0, 0.05) is 37.7 Å². The molecule has 2 fully saturated rings. The van der Waals surface area contributed by atoms with Crippen molar-refractivity contribution in [2.24, 2.45) is 5.92 Å². The van der Waals surface area contributed by atoms with Crippen molar-refractivity contribution < 1.29 is 23.8 Å². The molecule has 0 bridgehead atoms. The lowest BCUT2D eigenvalue weighted by Gasteiger charge is -2.28. The van der Waals surface area contributed by atoms with Crippen molar-refractivity contribution in [1.82, 2.24) is 9.88 Å². The minimum Gasteiger partial charge on any atom is -0.480 e. The summed E-state index contributed by atoms with van der Waals surface area (Å²) in [5.74, 6) is -0.658. The fourth-order valence-electron chi connectivity index (χ4n) is 6.12. The third kappa shape index (κ3) is 6.39. The van der Waals surface area contributed by atoms with Gasteiger partial charge < -0.3 is 14.6 Å². The summed E-state index contributed by atoms with van der Waals surface area (Å²) in [5.41, 5.74) is 5.17. The van der Waals surface area contributed by atoms with Crippen molar-refractivity contribution in [1.29, 1.82) is 0 Å². The summed E-state index contributed by atoms with van der Waals surface area (Å²) in [6.45, 7) is 4.75. The van der Waals surface area contributed by atoms with Crippen LogP contribution in [-0.2, 0) is 33.5 Å². The maximum Gasteiger partial charge on any atom is 0.325 e. The minimum atomic E-state index is -0.961. The number of halogens is 1. The molecular formula is C30H39FN2O4. The number of rotatable bonds is 10. The van der Waals surface area contributed by atoms with E-state index in [0.717, 1.165) is 62.8 Å². The lowest BCUT2D eigenvalue weighted by Crippen LogP contribution is -2.34. The van der Waals surface area contributed by atoms with Gasteiger partial charge in [0.1, 0.15) is 11.9 Å². The standard InChI is InChI=1S/C30H39FN2O4/c1-20-7-8-21-9-11-23(32-27(21)17-20)5-2-3-15-36-24-13-14-33(19-24)29(30(34)35)26-18-22(31)10-12-25(26)28-6-4-16-37-28/h9-12,18,20,24,28-29H,2-8,13-17,19H2,1H3,(H,34,35)/t20?,24-,28?,29?/m1/s1. The predicted octanol–water partition coefficient (Wildman–Crippen LogP) is 5.44. The van der Waals surface area contributed by atoms with E-state index in [9.17, 15) is 14.3 Å². The zero-order chi connectivity index (χ0) is 25.8. The first kappa shape index (κ1) is 26.3. The summed E-state index contributed by atoms with van der Waals surface area (Å²) in [5, 5.41) is 10.1. The molecule has 2 saturated heterocycles. The van der Waals surface area contributed by atoms with Crippen LogP contribution in [0.1, 0.15) is 85.7 Å². The molecule has 200 valence electrons. The monoisotopic (exact) mass is 510 g/mol. The highest BCUT2D eigenvalue weighted by Gasteiger charge is 2.37. The molecule has 1 aliphatic carbocycles. The number of hydrogen-bond acceptors (Lipinski definition) is 5. The average Bonchev–Trinajstić information content (AvgIpc) is 3.57. The number of benzene rings is 1. The Morgan fingerprint density at radius 3 is 2.95 bits per heavy atom. The SMILES string of the molecule is CC1CCc2ccc(CCCCO[C@@H]3CCN(C(C(=O)O)c4cc(F)ccc4C4CCCO4)C3)nc2C1. The first-order valence-corrected chi connectivity index (χ1v) is 13.9. The Morgan fingerprint density at radius 1 is 1.24 bits per heavy atom. The van der Waals surface area contributed by atoms with Gasteiger partial charge in [0.25, 0.3) is 0 Å². The van der Waals surface area contributed by atoms with Crippen molar-refractivity contribution in [2.75, 3.05) is 26.3 Å². The van der Waals surface area contributed by atoms with Crippen LogP contribution in [0.25, 0.3) is 0 Å². The quantitative estimate of drug-likeness (QED) is 0.430. The third-order valence-electron chi connectivity index (χ3n) is 8.15. The van der Waals surface area contributed by atoms with E-state index in [2.05, 4.69) is 19.1 Å². The zero-order valence-electron chi connectivity index (χ0n) is 21.8. The van der Waals surface area contributed by atoms with Gasteiger partial charge in [-0.1, -0.05) is 19.1 Å². The lowest BCUT2D eigenvalue weighted by atomic mass is 9.88. The highest BCUT2D eigenvalue weighted by atomic mass is 19.1. The van der Waals surface area contributed by atoms with E-state index in [-0.39, 0.29) is 12.2 Å². The van der Waals surface area contributed by atoms with Crippen LogP contribution >= 0.6 is 0 Å². The number of pyridine rings is 1. The van der Waals surface area contributed by atoms with E-state index in [0.29, 0.717) is 31.9 Å². The van der Waals surface area contributed by atoms with Gasteiger partial charge in [0.15, 0.2) is 0 Å². The first-order chi connectivity index (χ1) is 18.0. The number of hydrogen-bond donors (Lipinski definition) is 1. The number of nitrogens with zero attached hydrogens (tertiary/aromatic N) is 2. The minimum absolute atomic E-state index is 0.00931. The molecule has 4 atom stereocenters. The molecule has 5 rings (SSSR count). The molecule has 1 N–H and O–H groups in total. The van der Waals surface area contributed by atoms with Crippen molar-refractivity contribution >= 4 is 5.97 Å².